The van der Waals surface area contributed by atoms with Crippen molar-refractivity contribution in [3.05, 3.63) is 120 Å². The monoisotopic (exact) mass is 646 g/mol. The largest absolute Gasteiger partial charge is 0.385 e. The summed E-state index contributed by atoms with van der Waals surface area (Å²) in [7, 11) is 1.62. The second kappa shape index (κ2) is 15.0. The van der Waals surface area contributed by atoms with Gasteiger partial charge in [0, 0.05) is 75.9 Å². The highest BCUT2D eigenvalue weighted by Crippen LogP contribution is 2.27. The van der Waals surface area contributed by atoms with Gasteiger partial charge in [-0.15, -0.1) is 0 Å². The normalized spacial score (nSPS) is 12.2. The van der Waals surface area contributed by atoms with Crippen LogP contribution in [0.3, 0.4) is 0 Å². The molecule has 0 saturated carbocycles. The zero-order valence-corrected chi connectivity index (χ0v) is 26.3. The van der Waals surface area contributed by atoms with Crippen molar-refractivity contribution in [1.82, 2.24) is 18.7 Å². The van der Waals surface area contributed by atoms with Gasteiger partial charge in [0.05, 0.1) is 11.3 Å². The molecule has 0 aliphatic carbocycles. The molecule has 0 fully saturated rings. The van der Waals surface area contributed by atoms with Gasteiger partial charge in [-0.25, -0.2) is 23.6 Å². The van der Waals surface area contributed by atoms with E-state index in [9.17, 15) is 28.0 Å². The van der Waals surface area contributed by atoms with Crippen molar-refractivity contribution in [3.63, 3.8) is 0 Å². The standard InChI is InChI=1S/C34H36F2N6O5/c1-3-14-42-33(45)25-21-28(38-31(25)41(34(42)46)17-6-7-19-47-2)24-11-13-29(37-22-24)40(18-8-16-39-15-5-4-9-30(39)43)32(44)23-10-12-26(35)27(36)20-23/h4-5,9-13,15,20,22H,3,6-8,14,16-19,21H2,1-2H3. The molecule has 1 aliphatic rings. The Hall–Kier alpha value is -5.04. The molecule has 246 valence electrons. The molecule has 5 rings (SSSR count). The minimum absolute atomic E-state index is 0.0610. The van der Waals surface area contributed by atoms with Gasteiger partial charge in [-0.1, -0.05) is 13.0 Å². The number of amides is 1. The van der Waals surface area contributed by atoms with Crippen LogP contribution in [-0.2, 0) is 30.8 Å². The number of carbonyl (C=O) groups is 1. The van der Waals surface area contributed by atoms with E-state index < -0.39 is 23.2 Å². The number of anilines is 1. The molecule has 11 nitrogen and oxygen atoms in total. The van der Waals surface area contributed by atoms with Gasteiger partial charge in [0.25, 0.3) is 11.5 Å². The Morgan fingerprint density at radius 3 is 2.49 bits per heavy atom. The first kappa shape index (κ1) is 33.3. The molecule has 0 spiro atoms. The lowest BCUT2D eigenvalue weighted by Crippen LogP contribution is -2.41. The number of benzene rings is 1. The minimum atomic E-state index is -1.15. The van der Waals surface area contributed by atoms with E-state index in [1.807, 2.05) is 6.92 Å². The molecule has 13 heteroatoms. The lowest BCUT2D eigenvalue weighted by atomic mass is 10.1. The van der Waals surface area contributed by atoms with Crippen LogP contribution >= 0.6 is 0 Å². The average molecular weight is 647 g/mol. The number of unbranched alkanes of at least 4 members (excludes halogenated alkanes) is 1. The SMILES string of the molecule is CCCn1c(=O)c2c(n(CCCCOC)c1=O)N=C(c1ccc(N(CCCn3ccccc3=O)C(=O)c3ccc(F)c(F)c3)nc1)C2. The first-order chi connectivity index (χ1) is 22.7. The van der Waals surface area contributed by atoms with Crippen LogP contribution in [0.5, 0.6) is 0 Å². The van der Waals surface area contributed by atoms with Crippen LogP contribution < -0.4 is 21.7 Å². The molecule has 0 unspecified atom stereocenters. The summed E-state index contributed by atoms with van der Waals surface area (Å²) < 4.78 is 37.1. The fourth-order valence-corrected chi connectivity index (χ4v) is 5.53. The Balaban J connectivity index is 1.43. The van der Waals surface area contributed by atoms with Crippen LogP contribution in [0.25, 0.3) is 0 Å². The zero-order chi connectivity index (χ0) is 33.5. The van der Waals surface area contributed by atoms with E-state index in [1.54, 1.807) is 42.1 Å². The van der Waals surface area contributed by atoms with Gasteiger partial charge in [-0.05, 0) is 62.1 Å². The van der Waals surface area contributed by atoms with Crippen LogP contribution in [0.2, 0.25) is 0 Å². The van der Waals surface area contributed by atoms with Crippen LogP contribution in [0.4, 0.5) is 20.4 Å². The predicted molar refractivity (Wildman–Crippen MR) is 174 cm³/mol. The average Bonchev–Trinajstić information content (AvgIpc) is 3.52. The zero-order valence-electron chi connectivity index (χ0n) is 26.3. The van der Waals surface area contributed by atoms with E-state index in [2.05, 4.69) is 4.98 Å². The molecular formula is C34H36F2N6O5. The fraction of sp³-hybridized carbons (Fsp3) is 0.353. The number of methoxy groups -OCH3 is 1. The van der Waals surface area contributed by atoms with Crippen molar-refractivity contribution in [2.75, 3.05) is 25.2 Å². The number of halogens is 2. The van der Waals surface area contributed by atoms with Gasteiger partial charge in [-0.2, -0.15) is 0 Å². The van der Waals surface area contributed by atoms with E-state index >= 15 is 0 Å². The maximum Gasteiger partial charge on any atom is 0.332 e. The van der Waals surface area contributed by atoms with Crippen molar-refractivity contribution < 1.29 is 18.3 Å². The van der Waals surface area contributed by atoms with Crippen molar-refractivity contribution in [1.29, 1.82) is 0 Å². The molecule has 0 radical (unpaired) electrons. The Morgan fingerprint density at radius 1 is 0.957 bits per heavy atom. The van der Waals surface area contributed by atoms with Crippen molar-refractivity contribution in [2.24, 2.45) is 4.99 Å². The molecule has 0 atom stereocenters. The van der Waals surface area contributed by atoms with Crippen molar-refractivity contribution >= 4 is 23.3 Å². The number of aromatic nitrogens is 4. The number of aliphatic imine (C=N–C) groups is 1. The number of hydrogen-bond donors (Lipinski definition) is 0. The summed E-state index contributed by atoms with van der Waals surface area (Å²) in [5, 5.41) is 0. The van der Waals surface area contributed by atoms with Gasteiger partial charge in [0.2, 0.25) is 5.56 Å². The van der Waals surface area contributed by atoms with Gasteiger partial charge < -0.3 is 9.30 Å². The molecular weight excluding hydrogens is 610 g/mol. The molecule has 0 N–H and O–H groups in total. The first-order valence-corrected chi connectivity index (χ1v) is 15.5. The second-order valence-corrected chi connectivity index (χ2v) is 11.2. The summed E-state index contributed by atoms with van der Waals surface area (Å²) in [5.41, 5.74) is 0.593. The summed E-state index contributed by atoms with van der Waals surface area (Å²) in [4.78, 5) is 62.9. The van der Waals surface area contributed by atoms with E-state index in [0.29, 0.717) is 68.2 Å². The van der Waals surface area contributed by atoms with Crippen LogP contribution in [0.1, 0.15) is 54.1 Å². The highest BCUT2D eigenvalue weighted by Gasteiger charge is 2.27. The number of carbonyl (C=O) groups excluding carboxylic acids is 1. The van der Waals surface area contributed by atoms with Crippen LogP contribution in [0.15, 0.2) is 80.3 Å². The number of fused-ring (bicyclic) bond motifs is 1. The van der Waals surface area contributed by atoms with E-state index in [1.165, 1.54) is 32.4 Å². The van der Waals surface area contributed by atoms with E-state index in [4.69, 9.17) is 9.73 Å². The Morgan fingerprint density at radius 2 is 1.79 bits per heavy atom. The number of hydrogen-bond acceptors (Lipinski definition) is 7. The van der Waals surface area contributed by atoms with Gasteiger partial charge in [0.15, 0.2) is 11.6 Å². The molecule has 1 amide bonds. The topological polar surface area (TPSA) is 121 Å². The maximum atomic E-state index is 14.1. The molecule has 1 aliphatic heterocycles. The smallest absolute Gasteiger partial charge is 0.332 e. The molecule has 1 aromatic carbocycles. The third-order valence-electron chi connectivity index (χ3n) is 7.95. The van der Waals surface area contributed by atoms with E-state index in [-0.39, 0.29) is 35.5 Å². The third kappa shape index (κ3) is 7.35. The molecule has 4 aromatic rings. The number of rotatable bonds is 14. The fourth-order valence-electron chi connectivity index (χ4n) is 5.53. The Bertz CT molecular complexity index is 1970. The first-order valence-electron chi connectivity index (χ1n) is 15.5. The number of aryl methyl sites for hydroxylation is 1. The summed E-state index contributed by atoms with van der Waals surface area (Å²) in [6.45, 7) is 3.59. The van der Waals surface area contributed by atoms with Crippen molar-refractivity contribution in [2.45, 2.75) is 58.7 Å². The molecule has 3 aromatic heterocycles. The molecule has 0 saturated heterocycles. The lowest BCUT2D eigenvalue weighted by molar-refractivity contribution is 0.0985. The summed E-state index contributed by atoms with van der Waals surface area (Å²) in [6.07, 6.45) is 5.79. The van der Waals surface area contributed by atoms with Gasteiger partial charge in [0.1, 0.15) is 11.6 Å². The summed E-state index contributed by atoms with van der Waals surface area (Å²) in [5.74, 6) is -2.22. The second-order valence-electron chi connectivity index (χ2n) is 11.2. The van der Waals surface area contributed by atoms with Gasteiger partial charge >= 0.3 is 5.69 Å². The molecule has 0 bridgehead atoms. The lowest BCUT2D eigenvalue weighted by Gasteiger charge is -2.22. The van der Waals surface area contributed by atoms with Crippen LogP contribution in [-0.4, -0.2) is 50.6 Å². The number of ether oxygens (including phenoxy) is 1. The highest BCUT2D eigenvalue weighted by molar-refractivity contribution is 6.07. The van der Waals surface area contributed by atoms with E-state index in [0.717, 1.165) is 18.6 Å². The summed E-state index contributed by atoms with van der Waals surface area (Å²) in [6, 6.07) is 11.1. The highest BCUT2D eigenvalue weighted by atomic mass is 19.2. The number of pyridine rings is 2. The Labute approximate surface area is 269 Å². The summed E-state index contributed by atoms with van der Waals surface area (Å²) >= 11 is 0. The maximum absolute atomic E-state index is 14.1. The van der Waals surface area contributed by atoms with Gasteiger partial charge in [-0.3, -0.25) is 28.4 Å². The van der Waals surface area contributed by atoms with Crippen molar-refractivity contribution in [3.8, 4) is 0 Å². The Kier molecular flexibility index (Phi) is 10.7. The third-order valence-corrected chi connectivity index (χ3v) is 7.95. The quantitative estimate of drug-likeness (QED) is 0.190. The number of nitrogens with zero attached hydrogens (tertiary/aromatic N) is 6. The molecule has 47 heavy (non-hydrogen) atoms. The van der Waals surface area contributed by atoms with Crippen LogP contribution in [0, 0.1) is 11.6 Å². The minimum Gasteiger partial charge on any atom is -0.385 e. The predicted octanol–water partition coefficient (Wildman–Crippen LogP) is 4.10. The molecule has 4 heterocycles.